The van der Waals surface area contributed by atoms with Crippen molar-refractivity contribution in [2.24, 2.45) is 0 Å². The smallest absolute Gasteiger partial charge is 0.231 e. The number of fused-ring (bicyclic) bond motifs is 1. The van der Waals surface area contributed by atoms with E-state index in [-0.39, 0.29) is 5.92 Å². The van der Waals surface area contributed by atoms with Crippen LogP contribution >= 0.6 is 0 Å². The highest BCUT2D eigenvalue weighted by Gasteiger charge is 2.25. The number of nitrogens with zero attached hydrogens (tertiary/aromatic N) is 4. The van der Waals surface area contributed by atoms with Gasteiger partial charge in [0.1, 0.15) is 0 Å². The lowest BCUT2D eigenvalue weighted by molar-refractivity contribution is 0.318. The Kier molecular flexibility index (Phi) is 2.84. The molecule has 1 aliphatic heterocycles. The van der Waals surface area contributed by atoms with Gasteiger partial charge in [-0.05, 0) is 19.8 Å². The number of imidazole rings is 1. The van der Waals surface area contributed by atoms with E-state index in [4.69, 9.17) is 4.52 Å². The molecule has 21 heavy (non-hydrogen) atoms. The maximum atomic E-state index is 5.49. The van der Waals surface area contributed by atoms with Crippen LogP contribution in [0.25, 0.3) is 11.4 Å². The van der Waals surface area contributed by atoms with Crippen molar-refractivity contribution >= 4 is 0 Å². The van der Waals surface area contributed by atoms with Crippen molar-refractivity contribution in [1.82, 2.24) is 19.7 Å². The Labute approximate surface area is 122 Å². The monoisotopic (exact) mass is 280 g/mol. The van der Waals surface area contributed by atoms with Crippen LogP contribution in [-0.4, -0.2) is 19.7 Å². The summed E-state index contributed by atoms with van der Waals surface area (Å²) in [5.74, 6) is 1.67. The van der Waals surface area contributed by atoms with Crippen molar-refractivity contribution in [3.05, 3.63) is 53.9 Å². The molecule has 5 heteroatoms. The standard InChI is InChI=1S/C16H16N4O/c1-11-2-4-12(5-3-11)15-18-16(21-19-15)13-6-7-14-8-17-10-20(14)9-13/h2-5,8,10,13H,6-7,9H2,1H3. The summed E-state index contributed by atoms with van der Waals surface area (Å²) in [6.45, 7) is 2.93. The minimum atomic E-state index is 0.276. The largest absolute Gasteiger partial charge is 0.339 e. The Morgan fingerprint density at radius 2 is 2.10 bits per heavy atom. The topological polar surface area (TPSA) is 56.7 Å². The molecule has 106 valence electrons. The fourth-order valence-corrected chi connectivity index (χ4v) is 2.79. The van der Waals surface area contributed by atoms with E-state index in [1.807, 2.05) is 24.7 Å². The molecule has 0 amide bonds. The lowest BCUT2D eigenvalue weighted by Gasteiger charge is -2.20. The van der Waals surface area contributed by atoms with E-state index < -0.39 is 0 Å². The van der Waals surface area contributed by atoms with Gasteiger partial charge in [0.05, 0.1) is 12.2 Å². The van der Waals surface area contributed by atoms with Crippen LogP contribution in [0.5, 0.6) is 0 Å². The predicted octanol–water partition coefficient (Wildman–Crippen LogP) is 2.97. The Bertz CT molecular complexity index is 757. The van der Waals surface area contributed by atoms with Crippen LogP contribution in [0.4, 0.5) is 0 Å². The molecule has 4 rings (SSSR count). The second kappa shape index (κ2) is 4.84. The summed E-state index contributed by atoms with van der Waals surface area (Å²) in [5.41, 5.74) is 3.50. The van der Waals surface area contributed by atoms with Crippen LogP contribution < -0.4 is 0 Å². The minimum absolute atomic E-state index is 0.276. The van der Waals surface area contributed by atoms with Gasteiger partial charge in [-0.1, -0.05) is 35.0 Å². The summed E-state index contributed by atoms with van der Waals surface area (Å²) in [7, 11) is 0. The van der Waals surface area contributed by atoms with Crippen LogP contribution in [0.15, 0.2) is 41.3 Å². The van der Waals surface area contributed by atoms with E-state index in [1.165, 1.54) is 11.3 Å². The van der Waals surface area contributed by atoms with Crippen LogP contribution in [0.2, 0.25) is 0 Å². The van der Waals surface area contributed by atoms with Gasteiger partial charge in [0.15, 0.2) is 0 Å². The van der Waals surface area contributed by atoms with Crippen LogP contribution in [-0.2, 0) is 13.0 Å². The summed E-state index contributed by atoms with van der Waals surface area (Å²) in [6.07, 6.45) is 5.84. The predicted molar refractivity (Wildman–Crippen MR) is 77.8 cm³/mol. The Hall–Kier alpha value is -2.43. The van der Waals surface area contributed by atoms with Crippen molar-refractivity contribution in [1.29, 1.82) is 0 Å². The second-order valence-electron chi connectivity index (χ2n) is 5.60. The third-order valence-electron chi connectivity index (χ3n) is 4.07. The zero-order valence-electron chi connectivity index (χ0n) is 11.9. The molecule has 1 aliphatic rings. The molecule has 0 radical (unpaired) electrons. The van der Waals surface area contributed by atoms with Gasteiger partial charge in [-0.3, -0.25) is 0 Å². The number of hydrogen-bond acceptors (Lipinski definition) is 4. The highest BCUT2D eigenvalue weighted by molar-refractivity contribution is 5.54. The zero-order valence-corrected chi connectivity index (χ0v) is 11.9. The molecule has 0 N–H and O–H groups in total. The van der Waals surface area contributed by atoms with E-state index in [0.29, 0.717) is 5.82 Å². The minimum Gasteiger partial charge on any atom is -0.339 e. The van der Waals surface area contributed by atoms with Crippen LogP contribution in [0.3, 0.4) is 0 Å². The number of rotatable bonds is 2. The maximum Gasteiger partial charge on any atom is 0.231 e. The molecule has 1 atom stereocenters. The lowest BCUT2D eigenvalue weighted by atomic mass is 9.98. The molecule has 5 nitrogen and oxygen atoms in total. The van der Waals surface area contributed by atoms with Gasteiger partial charge in [0, 0.05) is 24.0 Å². The molecule has 0 saturated carbocycles. The fraction of sp³-hybridized carbons (Fsp3) is 0.312. The van der Waals surface area contributed by atoms with Gasteiger partial charge in [-0.15, -0.1) is 0 Å². The zero-order chi connectivity index (χ0) is 14.2. The molecule has 1 unspecified atom stereocenters. The third kappa shape index (κ3) is 2.24. The molecule has 0 aliphatic carbocycles. The Morgan fingerprint density at radius 3 is 2.95 bits per heavy atom. The summed E-state index contributed by atoms with van der Waals surface area (Å²) < 4.78 is 7.66. The second-order valence-corrected chi connectivity index (χ2v) is 5.60. The number of benzene rings is 1. The molecule has 3 aromatic rings. The van der Waals surface area contributed by atoms with Gasteiger partial charge in [-0.2, -0.15) is 4.98 Å². The van der Waals surface area contributed by atoms with E-state index in [2.05, 4.69) is 38.7 Å². The summed E-state index contributed by atoms with van der Waals surface area (Å²) in [4.78, 5) is 8.77. The van der Waals surface area contributed by atoms with E-state index in [0.717, 1.165) is 30.8 Å². The average Bonchev–Trinajstić information content (AvgIpc) is 3.16. The third-order valence-corrected chi connectivity index (χ3v) is 4.07. The van der Waals surface area contributed by atoms with Crippen LogP contribution in [0, 0.1) is 6.92 Å². The van der Waals surface area contributed by atoms with Gasteiger partial charge in [0.25, 0.3) is 0 Å². The molecule has 1 aromatic carbocycles. The SMILES string of the molecule is Cc1ccc(-c2noc(C3CCc4cncn4C3)n2)cc1. The van der Waals surface area contributed by atoms with Crippen molar-refractivity contribution in [3.63, 3.8) is 0 Å². The summed E-state index contributed by atoms with van der Waals surface area (Å²) in [5, 5.41) is 4.12. The summed E-state index contributed by atoms with van der Waals surface area (Å²) >= 11 is 0. The highest BCUT2D eigenvalue weighted by Crippen LogP contribution is 2.29. The van der Waals surface area contributed by atoms with Gasteiger partial charge in [-0.25, -0.2) is 4.98 Å². The normalized spacial score (nSPS) is 17.7. The average molecular weight is 280 g/mol. The first kappa shape index (κ1) is 12.3. The van der Waals surface area contributed by atoms with E-state index >= 15 is 0 Å². The van der Waals surface area contributed by atoms with Crippen molar-refractivity contribution < 1.29 is 4.52 Å². The molecular formula is C16H16N4O. The maximum absolute atomic E-state index is 5.49. The number of aryl methyl sites for hydroxylation is 2. The molecule has 0 spiro atoms. The quantitative estimate of drug-likeness (QED) is 0.724. The molecule has 0 saturated heterocycles. The highest BCUT2D eigenvalue weighted by atomic mass is 16.5. The first-order valence-corrected chi connectivity index (χ1v) is 7.19. The van der Waals surface area contributed by atoms with Gasteiger partial charge in [0.2, 0.25) is 11.7 Å². The molecular weight excluding hydrogens is 264 g/mol. The Morgan fingerprint density at radius 1 is 1.24 bits per heavy atom. The van der Waals surface area contributed by atoms with Gasteiger partial charge >= 0.3 is 0 Å². The van der Waals surface area contributed by atoms with Crippen molar-refractivity contribution in [3.8, 4) is 11.4 Å². The molecule has 2 aromatic heterocycles. The number of hydrogen-bond donors (Lipinski definition) is 0. The lowest BCUT2D eigenvalue weighted by Crippen LogP contribution is -2.17. The molecule has 3 heterocycles. The summed E-state index contributed by atoms with van der Waals surface area (Å²) in [6, 6.07) is 8.17. The molecule has 0 fully saturated rings. The van der Waals surface area contributed by atoms with Crippen LogP contribution in [0.1, 0.15) is 29.5 Å². The first-order chi connectivity index (χ1) is 10.3. The Balaban J connectivity index is 1.59. The fourth-order valence-electron chi connectivity index (χ4n) is 2.79. The van der Waals surface area contributed by atoms with E-state index in [1.54, 1.807) is 0 Å². The van der Waals surface area contributed by atoms with Crippen molar-refractivity contribution in [2.75, 3.05) is 0 Å². The van der Waals surface area contributed by atoms with Crippen molar-refractivity contribution in [2.45, 2.75) is 32.2 Å². The first-order valence-electron chi connectivity index (χ1n) is 7.19. The molecule has 0 bridgehead atoms. The number of aromatic nitrogens is 4. The van der Waals surface area contributed by atoms with E-state index in [9.17, 15) is 0 Å². The van der Waals surface area contributed by atoms with Gasteiger partial charge < -0.3 is 9.09 Å².